The third kappa shape index (κ3) is 4.67. The van der Waals surface area contributed by atoms with E-state index in [1.54, 1.807) is 7.05 Å². The molecule has 2 aromatic carbocycles. The normalized spacial score (nSPS) is 11.5. The van der Waals surface area contributed by atoms with Crippen molar-refractivity contribution in [1.29, 1.82) is 0 Å². The summed E-state index contributed by atoms with van der Waals surface area (Å²) in [6.45, 7) is 4.03. The van der Waals surface area contributed by atoms with Gasteiger partial charge in [-0.2, -0.15) is 18.3 Å². The zero-order valence-electron chi connectivity index (χ0n) is 16.5. The van der Waals surface area contributed by atoms with E-state index >= 15 is 0 Å². The van der Waals surface area contributed by atoms with Gasteiger partial charge in [-0.3, -0.25) is 4.79 Å². The number of benzene rings is 2. The van der Waals surface area contributed by atoms with Crippen LogP contribution in [0.1, 0.15) is 28.1 Å². The van der Waals surface area contributed by atoms with Gasteiger partial charge in [-0.1, -0.05) is 30.3 Å². The summed E-state index contributed by atoms with van der Waals surface area (Å²) in [5.74, 6) is -0.122. The van der Waals surface area contributed by atoms with E-state index in [0.29, 0.717) is 5.56 Å². The number of aryl methyl sites for hydroxylation is 1. The predicted molar refractivity (Wildman–Crippen MR) is 105 cm³/mol. The van der Waals surface area contributed by atoms with Gasteiger partial charge in [-0.15, -0.1) is 0 Å². The lowest BCUT2D eigenvalue weighted by Crippen LogP contribution is -2.28. The lowest BCUT2D eigenvalue weighted by Gasteiger charge is -2.18. The van der Waals surface area contributed by atoms with Gasteiger partial charge in [-0.25, -0.2) is 4.68 Å². The number of nitrogens with zero attached hydrogens (tertiary/aromatic N) is 3. The van der Waals surface area contributed by atoms with Crippen LogP contribution in [0.2, 0.25) is 0 Å². The van der Waals surface area contributed by atoms with Crippen molar-refractivity contribution in [2.45, 2.75) is 33.0 Å². The average molecular weight is 401 g/mol. The van der Waals surface area contributed by atoms with Gasteiger partial charge >= 0.3 is 6.18 Å². The van der Waals surface area contributed by atoms with Crippen molar-refractivity contribution >= 4 is 5.91 Å². The maximum absolute atomic E-state index is 12.7. The van der Waals surface area contributed by atoms with Crippen molar-refractivity contribution in [3.63, 3.8) is 0 Å². The van der Waals surface area contributed by atoms with E-state index < -0.39 is 11.7 Å². The first-order valence-electron chi connectivity index (χ1n) is 9.17. The fourth-order valence-corrected chi connectivity index (χ4v) is 3.20. The third-order valence-corrected chi connectivity index (χ3v) is 4.90. The van der Waals surface area contributed by atoms with Crippen LogP contribution >= 0.6 is 0 Å². The van der Waals surface area contributed by atoms with Crippen LogP contribution < -0.4 is 0 Å². The van der Waals surface area contributed by atoms with E-state index in [0.717, 1.165) is 34.8 Å². The molecule has 0 atom stereocenters. The highest BCUT2D eigenvalue weighted by molar-refractivity contribution is 5.79. The van der Waals surface area contributed by atoms with E-state index in [-0.39, 0.29) is 18.9 Å². The first-order valence-corrected chi connectivity index (χ1v) is 9.17. The summed E-state index contributed by atoms with van der Waals surface area (Å²) in [7, 11) is 1.65. The number of hydrogen-bond donors (Lipinski definition) is 0. The fraction of sp³-hybridized carbons (Fsp3) is 0.273. The molecule has 3 rings (SSSR count). The zero-order valence-corrected chi connectivity index (χ0v) is 16.5. The lowest BCUT2D eigenvalue weighted by molar-refractivity contribution is -0.137. The molecule has 0 aliphatic carbocycles. The molecule has 0 unspecified atom stereocenters. The molecule has 0 N–H and O–H groups in total. The van der Waals surface area contributed by atoms with E-state index in [9.17, 15) is 18.0 Å². The van der Waals surface area contributed by atoms with Gasteiger partial charge in [0.25, 0.3) is 0 Å². The van der Waals surface area contributed by atoms with E-state index in [1.165, 1.54) is 17.0 Å². The second-order valence-electron chi connectivity index (χ2n) is 7.02. The summed E-state index contributed by atoms with van der Waals surface area (Å²) in [6, 6.07) is 14.5. The van der Waals surface area contributed by atoms with E-state index in [2.05, 4.69) is 5.10 Å². The molecule has 0 fully saturated rings. The van der Waals surface area contributed by atoms with Crippen LogP contribution in [0.25, 0.3) is 5.69 Å². The minimum atomic E-state index is -4.37. The Morgan fingerprint density at radius 2 is 1.66 bits per heavy atom. The zero-order chi connectivity index (χ0) is 21.2. The summed E-state index contributed by atoms with van der Waals surface area (Å²) < 4.78 is 39.9. The van der Waals surface area contributed by atoms with Crippen molar-refractivity contribution in [3.05, 3.63) is 82.7 Å². The maximum Gasteiger partial charge on any atom is 0.416 e. The van der Waals surface area contributed by atoms with Crippen molar-refractivity contribution in [2.24, 2.45) is 0 Å². The molecule has 0 saturated carbocycles. The Morgan fingerprint density at radius 3 is 2.24 bits per heavy atom. The minimum Gasteiger partial charge on any atom is -0.341 e. The highest BCUT2D eigenvalue weighted by atomic mass is 19.4. The van der Waals surface area contributed by atoms with Crippen molar-refractivity contribution in [2.75, 3.05) is 7.05 Å². The van der Waals surface area contributed by atoms with Gasteiger partial charge < -0.3 is 4.90 Å². The standard InChI is InChI=1S/C22H22F3N3O/c1-15-20(16(2)28(26-15)19-7-5-4-6-8-19)13-21(29)27(3)14-17-9-11-18(12-10-17)22(23,24)25/h4-12H,13-14H2,1-3H3. The molecule has 0 aliphatic heterocycles. The lowest BCUT2D eigenvalue weighted by atomic mass is 10.1. The number of aromatic nitrogens is 2. The Morgan fingerprint density at radius 1 is 1.03 bits per heavy atom. The number of carbonyl (C=O) groups excluding carboxylic acids is 1. The minimum absolute atomic E-state index is 0.122. The smallest absolute Gasteiger partial charge is 0.341 e. The number of para-hydroxylation sites is 1. The van der Waals surface area contributed by atoms with Gasteiger partial charge in [0.2, 0.25) is 5.91 Å². The third-order valence-electron chi connectivity index (χ3n) is 4.90. The number of amides is 1. The largest absolute Gasteiger partial charge is 0.416 e. The van der Waals surface area contributed by atoms with Crippen LogP contribution in [-0.2, 0) is 23.9 Å². The second kappa shape index (κ2) is 8.11. The number of hydrogen-bond acceptors (Lipinski definition) is 2. The molecule has 152 valence electrons. The molecule has 29 heavy (non-hydrogen) atoms. The summed E-state index contributed by atoms with van der Waals surface area (Å²) in [5, 5.41) is 4.55. The number of alkyl halides is 3. The maximum atomic E-state index is 12.7. The van der Waals surface area contributed by atoms with Crippen LogP contribution in [0.5, 0.6) is 0 Å². The molecule has 0 aliphatic rings. The highest BCUT2D eigenvalue weighted by Gasteiger charge is 2.30. The Kier molecular flexibility index (Phi) is 5.77. The second-order valence-corrected chi connectivity index (χ2v) is 7.02. The Hall–Kier alpha value is -3.09. The Labute approximate surface area is 167 Å². The first-order chi connectivity index (χ1) is 13.7. The van der Waals surface area contributed by atoms with E-state index in [4.69, 9.17) is 0 Å². The predicted octanol–water partition coefficient (Wildman–Crippen LogP) is 4.71. The summed E-state index contributed by atoms with van der Waals surface area (Å²) >= 11 is 0. The van der Waals surface area contributed by atoms with Crippen LogP contribution in [-0.4, -0.2) is 27.6 Å². The van der Waals surface area contributed by atoms with E-state index in [1.807, 2.05) is 48.9 Å². The topological polar surface area (TPSA) is 38.1 Å². The summed E-state index contributed by atoms with van der Waals surface area (Å²) in [4.78, 5) is 14.2. The average Bonchev–Trinajstić information content (AvgIpc) is 2.96. The molecule has 7 heteroatoms. The monoisotopic (exact) mass is 401 g/mol. The quantitative estimate of drug-likeness (QED) is 0.621. The number of halogens is 3. The van der Waals surface area contributed by atoms with Gasteiger partial charge in [0.1, 0.15) is 0 Å². The Bertz CT molecular complexity index is 993. The van der Waals surface area contributed by atoms with Gasteiger partial charge in [0.05, 0.1) is 23.4 Å². The van der Waals surface area contributed by atoms with Gasteiger partial charge in [-0.05, 0) is 43.7 Å². The first kappa shape index (κ1) is 20.6. The molecular weight excluding hydrogens is 379 g/mol. The molecule has 0 radical (unpaired) electrons. The fourth-order valence-electron chi connectivity index (χ4n) is 3.20. The van der Waals surface area contributed by atoms with Crippen LogP contribution in [0.4, 0.5) is 13.2 Å². The van der Waals surface area contributed by atoms with Gasteiger partial charge in [0, 0.05) is 24.8 Å². The molecule has 3 aromatic rings. The Balaban J connectivity index is 1.71. The molecule has 0 spiro atoms. The molecule has 0 bridgehead atoms. The molecule has 1 amide bonds. The van der Waals surface area contributed by atoms with Crippen molar-refractivity contribution < 1.29 is 18.0 Å². The molecule has 1 heterocycles. The van der Waals surface area contributed by atoms with Crippen LogP contribution in [0, 0.1) is 13.8 Å². The number of carbonyl (C=O) groups is 1. The summed E-state index contributed by atoms with van der Waals surface area (Å²) in [6.07, 6.45) is -4.18. The van der Waals surface area contributed by atoms with Crippen molar-refractivity contribution in [1.82, 2.24) is 14.7 Å². The molecule has 4 nitrogen and oxygen atoms in total. The van der Waals surface area contributed by atoms with Gasteiger partial charge in [0.15, 0.2) is 0 Å². The summed E-state index contributed by atoms with van der Waals surface area (Å²) in [5.41, 5.74) is 3.40. The molecule has 1 aromatic heterocycles. The number of rotatable bonds is 5. The van der Waals surface area contributed by atoms with Crippen LogP contribution in [0.3, 0.4) is 0 Å². The van der Waals surface area contributed by atoms with Crippen LogP contribution in [0.15, 0.2) is 54.6 Å². The SMILES string of the molecule is Cc1nn(-c2ccccc2)c(C)c1CC(=O)N(C)Cc1ccc(C(F)(F)F)cc1. The number of likely N-dealkylation sites (N-methyl/N-ethyl adjacent to an activating group) is 1. The molecule has 0 saturated heterocycles. The highest BCUT2D eigenvalue weighted by Crippen LogP contribution is 2.29. The van der Waals surface area contributed by atoms with Crippen molar-refractivity contribution in [3.8, 4) is 5.69 Å². The molecular formula is C22H22F3N3O.